The molecular formula is C24H30N4O2. The molecule has 0 aliphatic carbocycles. The number of nitrogens with zero attached hydrogens (tertiary/aromatic N) is 3. The molecule has 0 radical (unpaired) electrons. The van der Waals surface area contributed by atoms with E-state index in [1.165, 1.54) is 5.56 Å². The van der Waals surface area contributed by atoms with Crippen LogP contribution in [0.15, 0.2) is 54.6 Å². The number of anilines is 2. The van der Waals surface area contributed by atoms with Gasteiger partial charge in [-0.1, -0.05) is 30.3 Å². The van der Waals surface area contributed by atoms with Crippen molar-refractivity contribution in [3.05, 3.63) is 60.2 Å². The number of hydrogen-bond acceptors (Lipinski definition) is 4. The van der Waals surface area contributed by atoms with E-state index in [0.717, 1.165) is 63.6 Å². The lowest BCUT2D eigenvalue weighted by Crippen LogP contribution is -2.46. The van der Waals surface area contributed by atoms with E-state index in [9.17, 15) is 9.59 Å². The van der Waals surface area contributed by atoms with Crippen molar-refractivity contribution in [2.45, 2.75) is 25.8 Å². The van der Waals surface area contributed by atoms with E-state index in [1.807, 2.05) is 29.2 Å². The Balaban J connectivity index is 1.17. The van der Waals surface area contributed by atoms with Gasteiger partial charge in [0.1, 0.15) is 0 Å². The van der Waals surface area contributed by atoms with Gasteiger partial charge < -0.3 is 15.1 Å². The normalized spacial score (nSPS) is 18.0. The van der Waals surface area contributed by atoms with Crippen LogP contribution in [0.2, 0.25) is 0 Å². The molecular weight excluding hydrogens is 376 g/mol. The fourth-order valence-corrected chi connectivity index (χ4v) is 4.14. The van der Waals surface area contributed by atoms with Gasteiger partial charge in [-0.25, -0.2) is 0 Å². The molecule has 2 aromatic carbocycles. The van der Waals surface area contributed by atoms with Crippen LogP contribution in [0.3, 0.4) is 0 Å². The molecule has 2 aliphatic rings. The molecule has 0 bridgehead atoms. The molecule has 4 rings (SSSR count). The van der Waals surface area contributed by atoms with Crippen molar-refractivity contribution in [2.24, 2.45) is 0 Å². The number of rotatable bonds is 7. The van der Waals surface area contributed by atoms with Crippen LogP contribution in [0.4, 0.5) is 11.4 Å². The summed E-state index contributed by atoms with van der Waals surface area (Å²) in [4.78, 5) is 30.8. The lowest BCUT2D eigenvalue weighted by molar-refractivity contribution is -0.117. The van der Waals surface area contributed by atoms with E-state index in [2.05, 4.69) is 45.4 Å². The molecule has 0 saturated carbocycles. The van der Waals surface area contributed by atoms with Crippen LogP contribution in [0.5, 0.6) is 0 Å². The van der Waals surface area contributed by atoms with Gasteiger partial charge in [0.25, 0.3) is 0 Å². The number of benzene rings is 2. The lowest BCUT2D eigenvalue weighted by atomic mass is 10.2. The summed E-state index contributed by atoms with van der Waals surface area (Å²) in [6.45, 7) is 6.63. The van der Waals surface area contributed by atoms with E-state index >= 15 is 0 Å². The summed E-state index contributed by atoms with van der Waals surface area (Å²) in [6.07, 6.45) is 2.03. The highest BCUT2D eigenvalue weighted by atomic mass is 16.2. The maximum atomic E-state index is 12.3. The molecule has 0 atom stereocenters. The Hall–Kier alpha value is -2.70. The number of hydrogen-bond donors (Lipinski definition) is 1. The second-order valence-corrected chi connectivity index (χ2v) is 8.10. The first-order chi connectivity index (χ1) is 14.7. The monoisotopic (exact) mass is 406 g/mol. The molecule has 2 fully saturated rings. The molecule has 158 valence electrons. The predicted molar refractivity (Wildman–Crippen MR) is 119 cm³/mol. The Kier molecular flexibility index (Phi) is 6.77. The smallest absolute Gasteiger partial charge is 0.227 e. The highest BCUT2D eigenvalue weighted by molar-refractivity contribution is 5.96. The van der Waals surface area contributed by atoms with Gasteiger partial charge in [0.15, 0.2) is 0 Å². The molecule has 0 spiro atoms. The molecule has 2 saturated heterocycles. The first-order valence-corrected chi connectivity index (χ1v) is 10.9. The van der Waals surface area contributed by atoms with Gasteiger partial charge in [-0.05, 0) is 36.2 Å². The summed E-state index contributed by atoms with van der Waals surface area (Å²) in [5.74, 6) is 0.211. The Morgan fingerprint density at radius 2 is 1.57 bits per heavy atom. The van der Waals surface area contributed by atoms with E-state index in [4.69, 9.17) is 0 Å². The summed E-state index contributed by atoms with van der Waals surface area (Å²) in [5, 5.41) is 2.97. The van der Waals surface area contributed by atoms with Crippen molar-refractivity contribution in [3.8, 4) is 0 Å². The van der Waals surface area contributed by atoms with Crippen LogP contribution in [-0.4, -0.2) is 60.9 Å². The third-order valence-corrected chi connectivity index (χ3v) is 5.91. The van der Waals surface area contributed by atoms with Crippen LogP contribution in [-0.2, 0) is 16.1 Å². The van der Waals surface area contributed by atoms with Gasteiger partial charge in [-0.3, -0.25) is 14.5 Å². The lowest BCUT2D eigenvalue weighted by Gasteiger charge is -2.34. The largest absolute Gasteiger partial charge is 0.326 e. The molecule has 2 heterocycles. The van der Waals surface area contributed by atoms with Gasteiger partial charge in [-0.2, -0.15) is 0 Å². The third kappa shape index (κ3) is 5.46. The Morgan fingerprint density at radius 3 is 2.23 bits per heavy atom. The molecule has 6 nitrogen and oxygen atoms in total. The standard InChI is InChI=1S/C24H30N4O2/c29-23(25-21-8-10-22(11-9-21)28-13-4-7-24(28)30)12-14-26-15-17-27(18-16-26)19-20-5-2-1-3-6-20/h1-3,5-6,8-11H,4,7,12-19H2,(H,25,29). The van der Waals surface area contributed by atoms with Crippen LogP contribution in [0, 0.1) is 0 Å². The van der Waals surface area contributed by atoms with Gasteiger partial charge in [0.2, 0.25) is 11.8 Å². The number of carbonyl (C=O) groups is 2. The number of piperazine rings is 1. The second-order valence-electron chi connectivity index (χ2n) is 8.10. The predicted octanol–water partition coefficient (Wildman–Crippen LogP) is 2.96. The number of carbonyl (C=O) groups excluding carboxylic acids is 2. The Bertz CT molecular complexity index is 845. The van der Waals surface area contributed by atoms with Crippen LogP contribution in [0.25, 0.3) is 0 Å². The Morgan fingerprint density at radius 1 is 0.867 bits per heavy atom. The second kappa shape index (κ2) is 9.87. The zero-order valence-corrected chi connectivity index (χ0v) is 17.4. The summed E-state index contributed by atoms with van der Waals surface area (Å²) in [5.41, 5.74) is 3.04. The quantitative estimate of drug-likeness (QED) is 0.768. The van der Waals surface area contributed by atoms with Crippen molar-refractivity contribution in [3.63, 3.8) is 0 Å². The van der Waals surface area contributed by atoms with Gasteiger partial charge in [0, 0.05) is 70.0 Å². The third-order valence-electron chi connectivity index (χ3n) is 5.91. The van der Waals surface area contributed by atoms with E-state index in [1.54, 1.807) is 0 Å². The van der Waals surface area contributed by atoms with Crippen molar-refractivity contribution >= 4 is 23.2 Å². The zero-order chi connectivity index (χ0) is 20.8. The fraction of sp³-hybridized carbons (Fsp3) is 0.417. The average Bonchev–Trinajstić information content (AvgIpc) is 3.20. The van der Waals surface area contributed by atoms with Crippen molar-refractivity contribution in [1.82, 2.24) is 9.80 Å². The van der Waals surface area contributed by atoms with Gasteiger partial charge in [-0.15, -0.1) is 0 Å². The molecule has 2 amide bonds. The molecule has 0 aromatic heterocycles. The SMILES string of the molecule is O=C(CCN1CCN(Cc2ccccc2)CC1)Nc1ccc(N2CCCC2=O)cc1. The van der Waals surface area contributed by atoms with Crippen molar-refractivity contribution < 1.29 is 9.59 Å². The number of amides is 2. The molecule has 1 N–H and O–H groups in total. The van der Waals surface area contributed by atoms with E-state index < -0.39 is 0 Å². The summed E-state index contributed by atoms with van der Waals surface area (Å²) >= 11 is 0. The summed E-state index contributed by atoms with van der Waals surface area (Å²) < 4.78 is 0. The summed E-state index contributed by atoms with van der Waals surface area (Å²) in [7, 11) is 0. The minimum atomic E-state index is 0.0340. The highest BCUT2D eigenvalue weighted by Gasteiger charge is 2.21. The van der Waals surface area contributed by atoms with Crippen molar-refractivity contribution in [1.29, 1.82) is 0 Å². The average molecular weight is 407 g/mol. The van der Waals surface area contributed by atoms with Crippen LogP contribution in [0.1, 0.15) is 24.8 Å². The molecule has 2 aromatic rings. The Labute approximate surface area is 178 Å². The van der Waals surface area contributed by atoms with E-state index in [0.29, 0.717) is 12.8 Å². The molecule has 2 aliphatic heterocycles. The molecule has 30 heavy (non-hydrogen) atoms. The van der Waals surface area contributed by atoms with Crippen molar-refractivity contribution in [2.75, 3.05) is 49.5 Å². The minimum Gasteiger partial charge on any atom is -0.326 e. The van der Waals surface area contributed by atoms with Crippen LogP contribution >= 0.6 is 0 Å². The fourth-order valence-electron chi connectivity index (χ4n) is 4.14. The first kappa shape index (κ1) is 20.6. The van der Waals surface area contributed by atoms with Gasteiger partial charge in [0.05, 0.1) is 0 Å². The van der Waals surface area contributed by atoms with Crippen LogP contribution < -0.4 is 10.2 Å². The topological polar surface area (TPSA) is 55.9 Å². The maximum Gasteiger partial charge on any atom is 0.227 e. The first-order valence-electron chi connectivity index (χ1n) is 10.9. The van der Waals surface area contributed by atoms with Gasteiger partial charge >= 0.3 is 0 Å². The summed E-state index contributed by atoms with van der Waals surface area (Å²) in [6, 6.07) is 18.1. The molecule has 6 heteroatoms. The molecule has 0 unspecified atom stereocenters. The highest BCUT2D eigenvalue weighted by Crippen LogP contribution is 2.23. The minimum absolute atomic E-state index is 0.0340. The maximum absolute atomic E-state index is 12.3. The van der Waals surface area contributed by atoms with E-state index in [-0.39, 0.29) is 11.8 Å². The zero-order valence-electron chi connectivity index (χ0n) is 17.4. The number of nitrogens with one attached hydrogen (secondary N) is 1.